The van der Waals surface area contributed by atoms with E-state index in [9.17, 15) is 4.79 Å². The highest BCUT2D eigenvalue weighted by Crippen LogP contribution is 2.37. The summed E-state index contributed by atoms with van der Waals surface area (Å²) in [6, 6.07) is 5.49. The molecule has 2 heterocycles. The van der Waals surface area contributed by atoms with Crippen molar-refractivity contribution in [1.29, 1.82) is 0 Å². The zero-order valence-corrected chi connectivity index (χ0v) is 15.3. The number of amides is 1. The van der Waals surface area contributed by atoms with E-state index < -0.39 is 0 Å². The molecule has 0 aromatic heterocycles. The molecule has 2 fully saturated rings. The van der Waals surface area contributed by atoms with E-state index in [4.69, 9.17) is 9.47 Å². The molecule has 1 aromatic rings. The number of nitrogens with one attached hydrogen (secondary N) is 1. The van der Waals surface area contributed by atoms with E-state index in [0.717, 1.165) is 32.6 Å². The van der Waals surface area contributed by atoms with Gasteiger partial charge in [0.05, 0.1) is 13.2 Å². The summed E-state index contributed by atoms with van der Waals surface area (Å²) in [7, 11) is 0. The van der Waals surface area contributed by atoms with Gasteiger partial charge in [0.15, 0.2) is 11.5 Å². The number of nitrogens with zero attached hydrogens (tertiary/aromatic N) is 1. The van der Waals surface area contributed by atoms with Gasteiger partial charge in [-0.25, -0.2) is 0 Å². The van der Waals surface area contributed by atoms with Crippen molar-refractivity contribution < 1.29 is 14.3 Å². The topological polar surface area (TPSA) is 50.8 Å². The van der Waals surface area contributed by atoms with Gasteiger partial charge in [-0.1, -0.05) is 0 Å². The molecule has 2 aliphatic heterocycles. The van der Waals surface area contributed by atoms with Crippen LogP contribution in [0.4, 0.5) is 0 Å². The number of ether oxygens (including phenoxy) is 2. The molecule has 1 atom stereocenters. The van der Waals surface area contributed by atoms with Crippen LogP contribution in [-0.2, 0) is 0 Å². The molecule has 3 rings (SSSR count). The molecule has 1 amide bonds. The van der Waals surface area contributed by atoms with Crippen LogP contribution in [0.2, 0.25) is 0 Å². The predicted octanol–water partition coefficient (Wildman–Crippen LogP) is 2.73. The molecule has 0 bridgehead atoms. The average Bonchev–Trinajstić information content (AvgIpc) is 3.19. The Balaban J connectivity index is 0.00000208. The number of likely N-dealkylation sites (tertiary alicyclic amines) is 1. The van der Waals surface area contributed by atoms with Crippen molar-refractivity contribution in [3.05, 3.63) is 23.8 Å². The second-order valence-electron chi connectivity index (χ2n) is 6.43. The summed E-state index contributed by atoms with van der Waals surface area (Å²) in [6.45, 7) is 8.80. The lowest BCUT2D eigenvalue weighted by molar-refractivity contribution is 0.0775. The van der Waals surface area contributed by atoms with Crippen molar-refractivity contribution in [2.45, 2.75) is 26.7 Å². The first-order valence-corrected chi connectivity index (χ1v) is 8.57. The normalized spacial score (nSPS) is 22.5. The van der Waals surface area contributed by atoms with Crippen LogP contribution in [0.3, 0.4) is 0 Å². The number of hydrogen-bond donors (Lipinski definition) is 1. The summed E-state index contributed by atoms with van der Waals surface area (Å²) in [5, 5.41) is 3.43. The number of benzene rings is 1. The number of hydrogen-bond acceptors (Lipinski definition) is 4. The Morgan fingerprint density at radius 3 is 2.62 bits per heavy atom. The Bertz CT molecular complexity index is 573. The molecule has 0 aliphatic carbocycles. The lowest BCUT2D eigenvalue weighted by Crippen LogP contribution is -2.33. The minimum atomic E-state index is 0. The smallest absolute Gasteiger partial charge is 0.254 e. The summed E-state index contributed by atoms with van der Waals surface area (Å²) in [5.74, 6) is 1.44. The highest BCUT2D eigenvalue weighted by Gasteiger charge is 2.42. The third kappa shape index (κ3) is 3.78. The Labute approximate surface area is 150 Å². The summed E-state index contributed by atoms with van der Waals surface area (Å²) < 4.78 is 11.2. The van der Waals surface area contributed by atoms with Crippen LogP contribution in [0.15, 0.2) is 18.2 Å². The van der Waals surface area contributed by atoms with Crippen molar-refractivity contribution in [2.75, 3.05) is 39.4 Å². The zero-order chi connectivity index (χ0) is 16.3. The maximum absolute atomic E-state index is 12.8. The van der Waals surface area contributed by atoms with Crippen molar-refractivity contribution >= 4 is 18.3 Å². The molecule has 134 valence electrons. The van der Waals surface area contributed by atoms with Gasteiger partial charge >= 0.3 is 0 Å². The van der Waals surface area contributed by atoms with Crippen LogP contribution >= 0.6 is 12.4 Å². The fraction of sp³-hybridized carbons (Fsp3) is 0.611. The van der Waals surface area contributed by atoms with E-state index in [2.05, 4.69) is 5.32 Å². The highest BCUT2D eigenvalue weighted by atomic mass is 35.5. The van der Waals surface area contributed by atoms with Gasteiger partial charge < -0.3 is 19.7 Å². The zero-order valence-electron chi connectivity index (χ0n) is 14.5. The van der Waals surface area contributed by atoms with Crippen molar-refractivity contribution in [2.24, 2.45) is 5.41 Å². The van der Waals surface area contributed by atoms with Gasteiger partial charge in [0.1, 0.15) is 0 Å². The summed E-state index contributed by atoms with van der Waals surface area (Å²) in [6.07, 6.45) is 2.27. The van der Waals surface area contributed by atoms with Crippen LogP contribution in [0.1, 0.15) is 37.0 Å². The Morgan fingerprint density at radius 2 is 1.96 bits per heavy atom. The predicted molar refractivity (Wildman–Crippen MR) is 96.5 cm³/mol. The second-order valence-corrected chi connectivity index (χ2v) is 6.43. The second kappa shape index (κ2) is 8.08. The van der Waals surface area contributed by atoms with E-state index >= 15 is 0 Å². The Kier molecular flexibility index (Phi) is 6.35. The van der Waals surface area contributed by atoms with Crippen LogP contribution in [-0.4, -0.2) is 50.2 Å². The minimum Gasteiger partial charge on any atom is -0.490 e. The molecule has 1 unspecified atom stereocenters. The number of carbonyl (C=O) groups is 1. The largest absolute Gasteiger partial charge is 0.490 e. The van der Waals surface area contributed by atoms with Gasteiger partial charge in [0.2, 0.25) is 0 Å². The monoisotopic (exact) mass is 354 g/mol. The Hall–Kier alpha value is -1.46. The molecular formula is C18H27ClN2O3. The molecule has 2 saturated heterocycles. The fourth-order valence-corrected chi connectivity index (χ4v) is 3.62. The molecule has 0 radical (unpaired) electrons. The van der Waals surface area contributed by atoms with Gasteiger partial charge in [0, 0.05) is 30.6 Å². The first-order valence-electron chi connectivity index (χ1n) is 8.57. The highest BCUT2D eigenvalue weighted by molar-refractivity contribution is 5.95. The third-order valence-electron chi connectivity index (χ3n) is 4.85. The van der Waals surface area contributed by atoms with Gasteiger partial charge in [-0.3, -0.25) is 4.79 Å². The molecule has 1 N–H and O–H groups in total. The number of rotatable bonds is 5. The molecule has 1 aromatic carbocycles. The summed E-state index contributed by atoms with van der Waals surface area (Å²) >= 11 is 0. The van der Waals surface area contributed by atoms with Crippen LogP contribution in [0.5, 0.6) is 11.5 Å². The van der Waals surface area contributed by atoms with E-state index in [0.29, 0.717) is 35.7 Å². The first kappa shape index (κ1) is 18.9. The minimum absolute atomic E-state index is 0. The van der Waals surface area contributed by atoms with E-state index in [1.807, 2.05) is 36.9 Å². The fourth-order valence-electron chi connectivity index (χ4n) is 3.62. The average molecular weight is 355 g/mol. The van der Waals surface area contributed by atoms with Crippen LogP contribution < -0.4 is 14.8 Å². The van der Waals surface area contributed by atoms with E-state index in [1.54, 1.807) is 0 Å². The van der Waals surface area contributed by atoms with Crippen molar-refractivity contribution in [3.8, 4) is 11.5 Å². The van der Waals surface area contributed by atoms with Crippen molar-refractivity contribution in [3.63, 3.8) is 0 Å². The van der Waals surface area contributed by atoms with Crippen LogP contribution in [0, 0.1) is 5.41 Å². The third-order valence-corrected chi connectivity index (χ3v) is 4.85. The molecule has 2 aliphatic rings. The SMILES string of the molecule is CCOc1ccc(C(=O)N2CCC3(CCNC3)C2)cc1OCC.Cl. The van der Waals surface area contributed by atoms with Gasteiger partial charge in [-0.15, -0.1) is 12.4 Å². The molecule has 1 spiro atoms. The molecule has 6 heteroatoms. The lowest BCUT2D eigenvalue weighted by Gasteiger charge is -2.23. The maximum Gasteiger partial charge on any atom is 0.254 e. The van der Waals surface area contributed by atoms with Gasteiger partial charge in [-0.05, 0) is 51.4 Å². The number of carbonyl (C=O) groups excluding carboxylic acids is 1. The summed E-state index contributed by atoms with van der Waals surface area (Å²) in [4.78, 5) is 14.8. The van der Waals surface area contributed by atoms with E-state index in [-0.39, 0.29) is 18.3 Å². The van der Waals surface area contributed by atoms with E-state index in [1.165, 1.54) is 6.42 Å². The standard InChI is InChI=1S/C18H26N2O3.ClH/c1-3-22-15-6-5-14(11-16(15)23-4-2)17(21)20-10-8-18(13-20)7-9-19-12-18;/h5-6,11,19H,3-4,7-10,12-13H2,1-2H3;1H. The Morgan fingerprint density at radius 1 is 1.21 bits per heavy atom. The maximum atomic E-state index is 12.8. The quantitative estimate of drug-likeness (QED) is 0.883. The lowest BCUT2D eigenvalue weighted by atomic mass is 9.86. The summed E-state index contributed by atoms with van der Waals surface area (Å²) in [5.41, 5.74) is 0.976. The molecular weight excluding hydrogens is 328 g/mol. The van der Waals surface area contributed by atoms with Crippen LogP contribution in [0.25, 0.3) is 0 Å². The molecule has 24 heavy (non-hydrogen) atoms. The number of halogens is 1. The molecule has 0 saturated carbocycles. The molecule has 5 nitrogen and oxygen atoms in total. The first-order chi connectivity index (χ1) is 11.2. The van der Waals surface area contributed by atoms with Gasteiger partial charge in [0.25, 0.3) is 5.91 Å². The van der Waals surface area contributed by atoms with Gasteiger partial charge in [-0.2, -0.15) is 0 Å². The van der Waals surface area contributed by atoms with Crippen molar-refractivity contribution in [1.82, 2.24) is 10.2 Å².